The summed E-state index contributed by atoms with van der Waals surface area (Å²) in [6, 6.07) is 13.1. The highest BCUT2D eigenvalue weighted by Crippen LogP contribution is 2.19. The topological polar surface area (TPSA) is 76.5 Å². The number of hydrogen-bond acceptors (Lipinski definition) is 5. The lowest BCUT2D eigenvalue weighted by atomic mass is 10.2. The van der Waals surface area contributed by atoms with Gasteiger partial charge in [0.25, 0.3) is 0 Å². The van der Waals surface area contributed by atoms with Crippen LogP contribution >= 0.6 is 11.3 Å². The van der Waals surface area contributed by atoms with Crippen molar-refractivity contribution < 1.29 is 9.53 Å². The quantitative estimate of drug-likeness (QED) is 0.629. The van der Waals surface area contributed by atoms with Gasteiger partial charge in [0.1, 0.15) is 0 Å². The number of amides is 2. The van der Waals surface area contributed by atoms with Gasteiger partial charge >= 0.3 is 11.7 Å². The number of ether oxygens (including phenoxy) is 1. The first kappa shape index (κ1) is 20.3. The minimum Gasteiger partial charge on any atom is -0.376 e. The monoisotopic (exact) mass is 424 g/mol. The molecule has 2 amide bonds. The Morgan fingerprint density at radius 1 is 1.30 bits per heavy atom. The van der Waals surface area contributed by atoms with E-state index in [0.717, 1.165) is 29.9 Å². The van der Waals surface area contributed by atoms with Gasteiger partial charge in [-0.2, -0.15) is 0 Å². The standard InChI is InChI=1S/C22H24N4O3S/c27-21-23-9-4-10-25(21)14-17-5-1-6-18(13-17)24-22(28)26(15-19-7-2-11-29-19)16-20-8-3-12-30-20/h1,3-6,8-10,12-13,19H,2,7,11,14-16H2,(H,24,28)/t19-/m1/s1. The number of aromatic nitrogens is 2. The fourth-order valence-electron chi connectivity index (χ4n) is 3.50. The second kappa shape index (κ2) is 9.69. The van der Waals surface area contributed by atoms with Crippen LogP contribution in [-0.2, 0) is 17.8 Å². The molecule has 1 atom stereocenters. The maximum absolute atomic E-state index is 13.0. The molecule has 1 N–H and O–H groups in total. The molecule has 0 bridgehead atoms. The molecule has 0 aliphatic carbocycles. The Labute approximate surface area is 178 Å². The molecule has 0 unspecified atom stereocenters. The Morgan fingerprint density at radius 2 is 2.23 bits per heavy atom. The van der Waals surface area contributed by atoms with Gasteiger partial charge in [-0.1, -0.05) is 18.2 Å². The molecule has 7 nitrogen and oxygen atoms in total. The molecule has 3 aromatic rings. The van der Waals surface area contributed by atoms with E-state index in [1.54, 1.807) is 28.5 Å². The number of benzene rings is 1. The molecule has 2 aromatic heterocycles. The first-order valence-corrected chi connectivity index (χ1v) is 10.9. The van der Waals surface area contributed by atoms with Gasteiger partial charge in [-0.3, -0.25) is 4.57 Å². The first-order chi connectivity index (χ1) is 14.7. The van der Waals surface area contributed by atoms with E-state index >= 15 is 0 Å². The third-order valence-electron chi connectivity index (χ3n) is 4.98. The number of carbonyl (C=O) groups is 1. The smallest absolute Gasteiger partial charge is 0.347 e. The molecule has 1 aliphatic rings. The van der Waals surface area contributed by atoms with E-state index < -0.39 is 0 Å². The summed E-state index contributed by atoms with van der Waals surface area (Å²) in [5.41, 5.74) is 1.30. The third kappa shape index (κ3) is 5.34. The van der Waals surface area contributed by atoms with E-state index in [4.69, 9.17) is 4.74 Å². The van der Waals surface area contributed by atoms with Crippen LogP contribution in [-0.4, -0.2) is 39.7 Å². The summed E-state index contributed by atoms with van der Waals surface area (Å²) in [5, 5.41) is 5.02. The van der Waals surface area contributed by atoms with Gasteiger partial charge in [0.05, 0.1) is 19.2 Å². The van der Waals surface area contributed by atoms with Crippen LogP contribution in [0.5, 0.6) is 0 Å². The Bertz CT molecular complexity index is 1030. The van der Waals surface area contributed by atoms with Gasteiger partial charge in [-0.15, -0.1) is 11.3 Å². The molecule has 4 rings (SSSR count). The summed E-state index contributed by atoms with van der Waals surface area (Å²) in [5.74, 6) is 0. The summed E-state index contributed by atoms with van der Waals surface area (Å²) in [6.07, 6.45) is 5.27. The number of rotatable bonds is 7. The van der Waals surface area contributed by atoms with Crippen LogP contribution in [0.3, 0.4) is 0 Å². The Balaban J connectivity index is 1.46. The van der Waals surface area contributed by atoms with Crippen molar-refractivity contribution in [1.29, 1.82) is 0 Å². The Hall–Kier alpha value is -2.97. The van der Waals surface area contributed by atoms with E-state index in [1.165, 1.54) is 10.8 Å². The molecule has 0 spiro atoms. The molecular weight excluding hydrogens is 400 g/mol. The van der Waals surface area contributed by atoms with E-state index in [0.29, 0.717) is 25.3 Å². The summed E-state index contributed by atoms with van der Waals surface area (Å²) in [6.45, 7) is 2.27. The largest absolute Gasteiger partial charge is 0.376 e. The molecule has 1 aromatic carbocycles. The molecule has 3 heterocycles. The van der Waals surface area contributed by atoms with E-state index in [9.17, 15) is 9.59 Å². The van der Waals surface area contributed by atoms with Crippen molar-refractivity contribution in [2.75, 3.05) is 18.5 Å². The number of anilines is 1. The van der Waals surface area contributed by atoms with Crippen LogP contribution in [0.1, 0.15) is 23.3 Å². The highest BCUT2D eigenvalue weighted by molar-refractivity contribution is 7.09. The number of nitrogens with one attached hydrogen (secondary N) is 1. The molecule has 8 heteroatoms. The van der Waals surface area contributed by atoms with Crippen LogP contribution < -0.4 is 11.0 Å². The van der Waals surface area contributed by atoms with Crippen molar-refractivity contribution in [3.63, 3.8) is 0 Å². The van der Waals surface area contributed by atoms with Gasteiger partial charge in [-0.05, 0) is 48.1 Å². The molecule has 0 saturated carbocycles. The second-order valence-electron chi connectivity index (χ2n) is 7.26. The van der Waals surface area contributed by atoms with Crippen LogP contribution in [0.15, 0.2) is 65.0 Å². The number of carbonyl (C=O) groups excluding carboxylic acids is 1. The van der Waals surface area contributed by atoms with Crippen LogP contribution in [0.4, 0.5) is 10.5 Å². The lowest BCUT2D eigenvalue weighted by Crippen LogP contribution is -2.39. The van der Waals surface area contributed by atoms with Crippen molar-refractivity contribution >= 4 is 23.1 Å². The summed E-state index contributed by atoms with van der Waals surface area (Å²) < 4.78 is 7.27. The molecule has 1 fully saturated rings. The van der Waals surface area contributed by atoms with Crippen LogP contribution in [0.2, 0.25) is 0 Å². The van der Waals surface area contributed by atoms with E-state index in [-0.39, 0.29) is 17.8 Å². The Morgan fingerprint density at radius 3 is 3.00 bits per heavy atom. The summed E-state index contributed by atoms with van der Waals surface area (Å²) in [4.78, 5) is 31.6. The van der Waals surface area contributed by atoms with E-state index in [1.807, 2.05) is 41.8 Å². The van der Waals surface area contributed by atoms with Gasteiger partial charge < -0.3 is 15.0 Å². The highest BCUT2D eigenvalue weighted by atomic mass is 32.1. The molecule has 1 saturated heterocycles. The summed E-state index contributed by atoms with van der Waals surface area (Å²) in [7, 11) is 0. The predicted molar refractivity (Wildman–Crippen MR) is 117 cm³/mol. The lowest BCUT2D eigenvalue weighted by molar-refractivity contribution is 0.0821. The van der Waals surface area contributed by atoms with Gasteiger partial charge in [0.15, 0.2) is 0 Å². The van der Waals surface area contributed by atoms with Crippen molar-refractivity contribution in [2.24, 2.45) is 0 Å². The van der Waals surface area contributed by atoms with Crippen molar-refractivity contribution in [1.82, 2.24) is 14.5 Å². The molecule has 156 valence electrons. The molecular formula is C22H24N4O3S. The average molecular weight is 425 g/mol. The van der Waals surface area contributed by atoms with Crippen molar-refractivity contribution in [3.8, 4) is 0 Å². The van der Waals surface area contributed by atoms with Gasteiger partial charge in [-0.25, -0.2) is 14.6 Å². The number of hydrogen-bond donors (Lipinski definition) is 1. The highest BCUT2D eigenvalue weighted by Gasteiger charge is 2.23. The second-order valence-corrected chi connectivity index (χ2v) is 8.29. The van der Waals surface area contributed by atoms with Crippen LogP contribution in [0, 0.1) is 0 Å². The van der Waals surface area contributed by atoms with Gasteiger partial charge in [0, 0.05) is 36.1 Å². The number of urea groups is 1. The SMILES string of the molecule is O=C(Nc1cccc(Cn2cccnc2=O)c1)N(Cc1cccs1)C[C@H]1CCCO1. The minimum atomic E-state index is -0.300. The fraction of sp³-hybridized carbons (Fsp3) is 0.318. The van der Waals surface area contributed by atoms with Crippen molar-refractivity contribution in [3.05, 3.63) is 81.2 Å². The first-order valence-electron chi connectivity index (χ1n) is 9.98. The normalized spacial score (nSPS) is 15.8. The maximum atomic E-state index is 13.0. The maximum Gasteiger partial charge on any atom is 0.347 e. The van der Waals surface area contributed by atoms with Crippen molar-refractivity contribution in [2.45, 2.75) is 32.0 Å². The zero-order valence-electron chi connectivity index (χ0n) is 16.6. The van der Waals surface area contributed by atoms with E-state index in [2.05, 4.69) is 10.3 Å². The fourth-order valence-corrected chi connectivity index (χ4v) is 4.22. The van der Waals surface area contributed by atoms with Crippen LogP contribution in [0.25, 0.3) is 0 Å². The minimum absolute atomic E-state index is 0.0829. The molecule has 30 heavy (non-hydrogen) atoms. The lowest BCUT2D eigenvalue weighted by Gasteiger charge is -2.25. The summed E-state index contributed by atoms with van der Waals surface area (Å²) >= 11 is 1.64. The zero-order chi connectivity index (χ0) is 20.8. The van der Waals surface area contributed by atoms with Gasteiger partial charge in [0.2, 0.25) is 0 Å². The zero-order valence-corrected chi connectivity index (χ0v) is 17.4. The average Bonchev–Trinajstić information content (AvgIpc) is 3.44. The predicted octanol–water partition coefficient (Wildman–Crippen LogP) is 3.57. The Kier molecular flexibility index (Phi) is 6.56. The molecule has 0 radical (unpaired) electrons. The number of thiophene rings is 1. The number of nitrogens with zero attached hydrogens (tertiary/aromatic N) is 3. The third-order valence-corrected chi connectivity index (χ3v) is 5.84. The molecule has 1 aliphatic heterocycles.